The number of nitrogens with zero attached hydrogens (tertiary/aromatic N) is 1. The van der Waals surface area contributed by atoms with Gasteiger partial charge in [0.05, 0.1) is 17.3 Å². The number of para-hydroxylation sites is 1. The van der Waals surface area contributed by atoms with Gasteiger partial charge in [-0.2, -0.15) is 0 Å². The van der Waals surface area contributed by atoms with Crippen LogP contribution in [0.2, 0.25) is 0 Å². The van der Waals surface area contributed by atoms with E-state index >= 15 is 0 Å². The number of fused-ring (bicyclic) bond motifs is 1. The summed E-state index contributed by atoms with van der Waals surface area (Å²) in [5.74, 6) is 0.222. The van der Waals surface area contributed by atoms with Gasteiger partial charge in [-0.3, -0.25) is 0 Å². The van der Waals surface area contributed by atoms with Crippen LogP contribution in [0.4, 0.5) is 0 Å². The Kier molecular flexibility index (Phi) is 4.36. The van der Waals surface area contributed by atoms with Crippen LogP contribution in [-0.2, 0) is 0 Å². The Morgan fingerprint density at radius 2 is 2.06 bits per heavy atom. The largest absolute Gasteiger partial charge is 0.386 e. The van der Waals surface area contributed by atoms with Crippen molar-refractivity contribution in [1.29, 1.82) is 0 Å². The van der Waals surface area contributed by atoms with Gasteiger partial charge in [-0.15, -0.1) is 0 Å². The zero-order valence-corrected chi connectivity index (χ0v) is 12.3. The molecule has 0 aliphatic heterocycles. The summed E-state index contributed by atoms with van der Waals surface area (Å²) in [4.78, 5) is 4.58. The van der Waals surface area contributed by atoms with Crippen LogP contribution in [0.3, 0.4) is 0 Å². The van der Waals surface area contributed by atoms with Crippen molar-refractivity contribution >= 4 is 26.8 Å². The van der Waals surface area contributed by atoms with Gasteiger partial charge in [0.15, 0.2) is 0 Å². The maximum Gasteiger partial charge on any atom is 0.0996 e. The molecule has 0 saturated carbocycles. The number of aliphatic hydroxyl groups excluding tert-OH is 1. The zero-order chi connectivity index (χ0) is 13.1. The first-order chi connectivity index (χ1) is 8.63. The third-order valence-corrected chi connectivity index (χ3v) is 3.90. The highest BCUT2D eigenvalue weighted by atomic mass is 79.9. The van der Waals surface area contributed by atoms with Gasteiger partial charge in [0.25, 0.3) is 0 Å². The molecule has 96 valence electrons. The fourth-order valence-electron chi connectivity index (χ4n) is 2.20. The van der Waals surface area contributed by atoms with E-state index < -0.39 is 6.10 Å². The molecule has 2 rings (SSSR count). The van der Waals surface area contributed by atoms with Crippen LogP contribution in [-0.4, -0.2) is 10.1 Å². The zero-order valence-electron chi connectivity index (χ0n) is 10.7. The lowest BCUT2D eigenvalue weighted by atomic mass is 9.96. The van der Waals surface area contributed by atoms with E-state index in [9.17, 15) is 5.11 Å². The van der Waals surface area contributed by atoms with Crippen LogP contribution in [0.25, 0.3) is 10.9 Å². The number of aromatic nitrogens is 1. The topological polar surface area (TPSA) is 33.1 Å². The Morgan fingerprint density at radius 3 is 2.78 bits per heavy atom. The molecule has 1 aromatic heterocycles. The van der Waals surface area contributed by atoms with E-state index in [2.05, 4.69) is 34.8 Å². The summed E-state index contributed by atoms with van der Waals surface area (Å²) < 4.78 is 0.886. The summed E-state index contributed by atoms with van der Waals surface area (Å²) in [5, 5.41) is 11.5. The highest BCUT2D eigenvalue weighted by Crippen LogP contribution is 2.31. The number of halogens is 1. The molecule has 2 aromatic rings. The van der Waals surface area contributed by atoms with Crippen LogP contribution < -0.4 is 0 Å². The van der Waals surface area contributed by atoms with Crippen molar-refractivity contribution < 1.29 is 5.11 Å². The minimum Gasteiger partial charge on any atom is -0.386 e. The molecule has 0 aliphatic rings. The lowest BCUT2D eigenvalue weighted by molar-refractivity contribution is 0.108. The molecule has 0 radical (unpaired) electrons. The molecule has 1 heterocycles. The molecule has 0 spiro atoms. The molecule has 1 aromatic carbocycles. The lowest BCUT2D eigenvalue weighted by Gasteiger charge is -2.19. The molecule has 0 amide bonds. The Bertz CT molecular complexity index is 541. The van der Waals surface area contributed by atoms with E-state index in [4.69, 9.17) is 0 Å². The van der Waals surface area contributed by atoms with Crippen molar-refractivity contribution in [3.05, 3.63) is 40.5 Å². The Balaban J connectivity index is 2.41. The van der Waals surface area contributed by atoms with Crippen LogP contribution in [0.15, 0.2) is 34.8 Å². The van der Waals surface area contributed by atoms with Crippen molar-refractivity contribution in [3.63, 3.8) is 0 Å². The van der Waals surface area contributed by atoms with Crippen LogP contribution >= 0.6 is 15.9 Å². The number of rotatable bonds is 4. The second-order valence-electron chi connectivity index (χ2n) is 4.76. The molecular weight excluding hydrogens is 290 g/mol. The molecule has 0 fully saturated rings. The summed E-state index contributed by atoms with van der Waals surface area (Å²) in [6.07, 6.45) is 1.56. The summed E-state index contributed by atoms with van der Waals surface area (Å²) in [5.41, 5.74) is 1.67. The molecule has 1 N–H and O–H groups in total. The van der Waals surface area contributed by atoms with Gasteiger partial charge < -0.3 is 5.11 Å². The van der Waals surface area contributed by atoms with Gasteiger partial charge in [-0.1, -0.05) is 38.5 Å². The molecule has 18 heavy (non-hydrogen) atoms. The Labute approximate surface area is 116 Å². The van der Waals surface area contributed by atoms with Crippen molar-refractivity contribution in [3.8, 4) is 0 Å². The average molecular weight is 308 g/mol. The van der Waals surface area contributed by atoms with Gasteiger partial charge in [0.2, 0.25) is 0 Å². The lowest BCUT2D eigenvalue weighted by Crippen LogP contribution is -2.11. The fourth-order valence-corrected chi connectivity index (χ4v) is 2.76. The average Bonchev–Trinajstić information content (AvgIpc) is 2.37. The fraction of sp³-hybridized carbons (Fsp3) is 0.400. The second-order valence-corrected chi connectivity index (χ2v) is 5.61. The van der Waals surface area contributed by atoms with Crippen LogP contribution in [0, 0.1) is 5.92 Å². The predicted molar refractivity (Wildman–Crippen MR) is 78.5 cm³/mol. The van der Waals surface area contributed by atoms with Gasteiger partial charge >= 0.3 is 0 Å². The molecule has 0 aliphatic carbocycles. The van der Waals surface area contributed by atoms with Crippen molar-refractivity contribution in [2.75, 3.05) is 0 Å². The molecular formula is C15H18BrNO. The number of pyridine rings is 1. The monoisotopic (exact) mass is 307 g/mol. The molecule has 0 bridgehead atoms. The SMILES string of the molecule is CCCC(C)C(O)c1nc2ccccc2cc1Br. The molecule has 2 nitrogen and oxygen atoms in total. The third kappa shape index (κ3) is 2.73. The standard InChI is InChI=1S/C15H18BrNO/c1-3-6-10(2)15(18)14-12(16)9-11-7-4-5-8-13(11)17-14/h4-5,7-10,15,18H,3,6H2,1-2H3. The van der Waals surface area contributed by atoms with E-state index in [1.54, 1.807) is 0 Å². The highest BCUT2D eigenvalue weighted by Gasteiger charge is 2.20. The molecule has 0 saturated heterocycles. The van der Waals surface area contributed by atoms with E-state index in [1.165, 1.54) is 0 Å². The Morgan fingerprint density at radius 1 is 1.33 bits per heavy atom. The third-order valence-electron chi connectivity index (χ3n) is 3.27. The molecule has 3 heteroatoms. The number of hydrogen-bond donors (Lipinski definition) is 1. The first-order valence-electron chi connectivity index (χ1n) is 6.36. The number of benzene rings is 1. The summed E-state index contributed by atoms with van der Waals surface area (Å²) in [6, 6.07) is 9.99. The van der Waals surface area contributed by atoms with Gasteiger partial charge in [-0.05, 0) is 40.4 Å². The summed E-state index contributed by atoms with van der Waals surface area (Å²) in [7, 11) is 0. The quantitative estimate of drug-likeness (QED) is 0.904. The number of hydrogen-bond acceptors (Lipinski definition) is 2. The minimum absolute atomic E-state index is 0.222. The first kappa shape index (κ1) is 13.5. The summed E-state index contributed by atoms with van der Waals surface area (Å²) >= 11 is 3.51. The predicted octanol–water partition coefficient (Wildman–Crippen LogP) is 4.47. The van der Waals surface area contributed by atoms with E-state index in [0.29, 0.717) is 0 Å². The van der Waals surface area contributed by atoms with Gasteiger partial charge in [0, 0.05) is 9.86 Å². The maximum absolute atomic E-state index is 10.4. The van der Waals surface area contributed by atoms with E-state index in [0.717, 1.165) is 33.9 Å². The summed E-state index contributed by atoms with van der Waals surface area (Å²) in [6.45, 7) is 4.20. The van der Waals surface area contributed by atoms with Gasteiger partial charge in [0.1, 0.15) is 0 Å². The van der Waals surface area contributed by atoms with Crippen molar-refractivity contribution in [2.24, 2.45) is 5.92 Å². The smallest absolute Gasteiger partial charge is 0.0996 e. The minimum atomic E-state index is -0.510. The van der Waals surface area contributed by atoms with Crippen LogP contribution in [0.5, 0.6) is 0 Å². The van der Waals surface area contributed by atoms with Crippen molar-refractivity contribution in [2.45, 2.75) is 32.8 Å². The second kappa shape index (κ2) is 5.81. The van der Waals surface area contributed by atoms with Crippen LogP contribution in [0.1, 0.15) is 38.5 Å². The van der Waals surface area contributed by atoms with Gasteiger partial charge in [-0.25, -0.2) is 4.98 Å². The highest BCUT2D eigenvalue weighted by molar-refractivity contribution is 9.10. The number of aliphatic hydroxyl groups is 1. The van der Waals surface area contributed by atoms with E-state index in [-0.39, 0.29) is 5.92 Å². The molecule has 2 unspecified atom stereocenters. The maximum atomic E-state index is 10.4. The molecule has 2 atom stereocenters. The normalized spacial score (nSPS) is 14.7. The Hall–Kier alpha value is -0.930. The van der Waals surface area contributed by atoms with Crippen molar-refractivity contribution in [1.82, 2.24) is 4.98 Å². The van der Waals surface area contributed by atoms with E-state index in [1.807, 2.05) is 30.3 Å². The first-order valence-corrected chi connectivity index (χ1v) is 7.16.